The van der Waals surface area contributed by atoms with Crippen molar-refractivity contribution in [1.29, 1.82) is 0 Å². The highest BCUT2D eigenvalue weighted by atomic mass is 16.2. The molecule has 0 bridgehead atoms. The predicted molar refractivity (Wildman–Crippen MR) is 98.0 cm³/mol. The molecule has 6 heteroatoms. The van der Waals surface area contributed by atoms with E-state index >= 15 is 0 Å². The summed E-state index contributed by atoms with van der Waals surface area (Å²) >= 11 is 0. The Balaban J connectivity index is 1.77. The van der Waals surface area contributed by atoms with Crippen LogP contribution in [0.2, 0.25) is 0 Å². The van der Waals surface area contributed by atoms with Gasteiger partial charge in [0.05, 0.1) is 5.56 Å². The van der Waals surface area contributed by atoms with Crippen LogP contribution in [0.25, 0.3) is 0 Å². The second kappa shape index (κ2) is 7.34. The molecule has 130 valence electrons. The average molecular weight is 338 g/mol. The van der Waals surface area contributed by atoms with Gasteiger partial charge in [-0.2, -0.15) is 0 Å². The molecule has 2 N–H and O–H groups in total. The summed E-state index contributed by atoms with van der Waals surface area (Å²) in [5.74, 6) is -0.0759. The number of anilines is 2. The molecule has 0 radical (unpaired) electrons. The first-order valence-corrected chi connectivity index (χ1v) is 8.51. The molecule has 1 aliphatic heterocycles. The standard InChI is InChI=1S/C19H22N4O2/c1-3-13(2)21-19(25)22-16-7-6-14-8-10-23(17(14)11-16)18(24)15-5-4-9-20-12-15/h4-7,9,11-13H,3,8,10H2,1-2H3,(H2,21,22,25). The van der Waals surface area contributed by atoms with E-state index in [0.717, 1.165) is 24.1 Å². The molecule has 1 aliphatic rings. The molecule has 25 heavy (non-hydrogen) atoms. The van der Waals surface area contributed by atoms with Crippen molar-refractivity contribution in [1.82, 2.24) is 10.3 Å². The maximum absolute atomic E-state index is 12.7. The SMILES string of the molecule is CCC(C)NC(=O)Nc1ccc2c(c1)N(C(=O)c1cccnc1)CC2. The van der Waals surface area contributed by atoms with Crippen molar-refractivity contribution < 1.29 is 9.59 Å². The fourth-order valence-corrected chi connectivity index (χ4v) is 2.81. The summed E-state index contributed by atoms with van der Waals surface area (Å²) in [5, 5.41) is 5.70. The highest BCUT2D eigenvalue weighted by molar-refractivity contribution is 6.07. The van der Waals surface area contributed by atoms with Gasteiger partial charge < -0.3 is 15.5 Å². The molecule has 3 amide bonds. The van der Waals surface area contributed by atoms with Gasteiger partial charge in [0.1, 0.15) is 0 Å². The lowest BCUT2D eigenvalue weighted by Gasteiger charge is -2.18. The number of carbonyl (C=O) groups is 2. The van der Waals surface area contributed by atoms with E-state index in [-0.39, 0.29) is 18.0 Å². The summed E-state index contributed by atoms with van der Waals surface area (Å²) in [6, 6.07) is 9.07. The Morgan fingerprint density at radius 2 is 2.16 bits per heavy atom. The van der Waals surface area contributed by atoms with Crippen LogP contribution in [0.5, 0.6) is 0 Å². The van der Waals surface area contributed by atoms with E-state index in [1.807, 2.05) is 32.0 Å². The van der Waals surface area contributed by atoms with Gasteiger partial charge in [0.15, 0.2) is 0 Å². The number of benzene rings is 1. The topological polar surface area (TPSA) is 74.3 Å². The summed E-state index contributed by atoms with van der Waals surface area (Å²) in [5.41, 5.74) is 3.17. The third-order valence-electron chi connectivity index (χ3n) is 4.38. The lowest BCUT2D eigenvalue weighted by atomic mass is 10.1. The number of carbonyl (C=O) groups excluding carboxylic acids is 2. The fourth-order valence-electron chi connectivity index (χ4n) is 2.81. The molecular weight excluding hydrogens is 316 g/mol. The van der Waals surface area contributed by atoms with E-state index in [0.29, 0.717) is 17.8 Å². The average Bonchev–Trinajstić information content (AvgIpc) is 3.04. The third kappa shape index (κ3) is 3.79. The van der Waals surface area contributed by atoms with Crippen LogP contribution in [0.1, 0.15) is 36.2 Å². The number of aromatic nitrogens is 1. The van der Waals surface area contributed by atoms with E-state index in [4.69, 9.17) is 0 Å². The van der Waals surface area contributed by atoms with Gasteiger partial charge in [0.25, 0.3) is 5.91 Å². The minimum atomic E-state index is -0.238. The van der Waals surface area contributed by atoms with Crippen molar-refractivity contribution in [3.8, 4) is 0 Å². The molecule has 1 atom stereocenters. The maximum atomic E-state index is 12.7. The van der Waals surface area contributed by atoms with Crippen molar-refractivity contribution in [2.24, 2.45) is 0 Å². The number of rotatable bonds is 4. The summed E-state index contributed by atoms with van der Waals surface area (Å²) in [7, 11) is 0. The number of hydrogen-bond acceptors (Lipinski definition) is 3. The van der Waals surface area contributed by atoms with Crippen LogP contribution in [0, 0.1) is 0 Å². The zero-order valence-electron chi connectivity index (χ0n) is 14.5. The largest absolute Gasteiger partial charge is 0.335 e. The smallest absolute Gasteiger partial charge is 0.319 e. The molecule has 3 rings (SSSR count). The maximum Gasteiger partial charge on any atom is 0.319 e. The van der Waals surface area contributed by atoms with E-state index in [1.165, 1.54) is 0 Å². The molecule has 0 aliphatic carbocycles. The minimum absolute atomic E-state index is 0.0759. The molecule has 0 spiro atoms. The molecule has 1 unspecified atom stereocenters. The molecule has 2 heterocycles. The second-order valence-electron chi connectivity index (χ2n) is 6.20. The Bertz CT molecular complexity index is 776. The Morgan fingerprint density at radius 1 is 1.32 bits per heavy atom. The Labute approximate surface area is 147 Å². The quantitative estimate of drug-likeness (QED) is 0.899. The molecule has 2 aromatic rings. The van der Waals surface area contributed by atoms with E-state index in [1.54, 1.807) is 29.4 Å². The van der Waals surface area contributed by atoms with Crippen LogP contribution >= 0.6 is 0 Å². The van der Waals surface area contributed by atoms with Crippen LogP contribution < -0.4 is 15.5 Å². The highest BCUT2D eigenvalue weighted by Crippen LogP contribution is 2.32. The number of amides is 3. The molecule has 0 saturated heterocycles. The van der Waals surface area contributed by atoms with E-state index < -0.39 is 0 Å². The summed E-state index contributed by atoms with van der Waals surface area (Å²) in [6.45, 7) is 4.60. The zero-order chi connectivity index (χ0) is 17.8. The monoisotopic (exact) mass is 338 g/mol. The Morgan fingerprint density at radius 3 is 2.88 bits per heavy atom. The van der Waals surface area contributed by atoms with E-state index in [9.17, 15) is 9.59 Å². The van der Waals surface area contributed by atoms with Gasteiger partial charge in [0, 0.05) is 36.4 Å². The number of urea groups is 1. The Kier molecular flexibility index (Phi) is 4.97. The van der Waals surface area contributed by atoms with Gasteiger partial charge >= 0.3 is 6.03 Å². The van der Waals surface area contributed by atoms with E-state index in [2.05, 4.69) is 15.6 Å². The first kappa shape index (κ1) is 17.0. The summed E-state index contributed by atoms with van der Waals surface area (Å²) in [6.07, 6.45) is 4.89. The predicted octanol–water partition coefficient (Wildman–Crippen LogP) is 3.20. The van der Waals surface area contributed by atoms with Crippen LogP contribution in [-0.2, 0) is 6.42 Å². The van der Waals surface area contributed by atoms with Gasteiger partial charge in [-0.25, -0.2) is 4.79 Å². The van der Waals surface area contributed by atoms with Crippen molar-refractivity contribution >= 4 is 23.3 Å². The summed E-state index contributed by atoms with van der Waals surface area (Å²) < 4.78 is 0. The first-order valence-electron chi connectivity index (χ1n) is 8.51. The number of nitrogens with one attached hydrogen (secondary N) is 2. The molecule has 0 saturated carbocycles. The fraction of sp³-hybridized carbons (Fsp3) is 0.316. The molecule has 1 aromatic carbocycles. The molecule has 0 fully saturated rings. The molecule has 1 aromatic heterocycles. The highest BCUT2D eigenvalue weighted by Gasteiger charge is 2.26. The van der Waals surface area contributed by atoms with Gasteiger partial charge in [0.2, 0.25) is 0 Å². The molecular formula is C19H22N4O2. The van der Waals surface area contributed by atoms with Crippen molar-refractivity contribution in [3.05, 3.63) is 53.9 Å². The van der Waals surface area contributed by atoms with Gasteiger partial charge in [-0.3, -0.25) is 9.78 Å². The molecule has 6 nitrogen and oxygen atoms in total. The van der Waals surface area contributed by atoms with Crippen LogP contribution in [0.15, 0.2) is 42.7 Å². The van der Waals surface area contributed by atoms with Crippen molar-refractivity contribution in [3.63, 3.8) is 0 Å². The number of nitrogens with zero attached hydrogens (tertiary/aromatic N) is 2. The van der Waals surface area contributed by atoms with Crippen LogP contribution in [-0.4, -0.2) is 29.5 Å². The second-order valence-corrected chi connectivity index (χ2v) is 6.20. The zero-order valence-corrected chi connectivity index (χ0v) is 14.5. The first-order chi connectivity index (χ1) is 12.1. The van der Waals surface area contributed by atoms with Crippen LogP contribution in [0.4, 0.5) is 16.2 Å². The van der Waals surface area contributed by atoms with Gasteiger partial charge in [-0.15, -0.1) is 0 Å². The van der Waals surface area contributed by atoms with Crippen LogP contribution in [0.3, 0.4) is 0 Å². The van der Waals surface area contributed by atoms with Crippen molar-refractivity contribution in [2.75, 3.05) is 16.8 Å². The lowest BCUT2D eigenvalue weighted by molar-refractivity contribution is 0.0989. The number of fused-ring (bicyclic) bond motifs is 1. The normalized spacial score (nSPS) is 13.9. The number of pyridine rings is 1. The lowest BCUT2D eigenvalue weighted by Crippen LogP contribution is -2.35. The summed E-state index contributed by atoms with van der Waals surface area (Å²) in [4.78, 5) is 30.5. The third-order valence-corrected chi connectivity index (χ3v) is 4.38. The Hall–Kier alpha value is -2.89. The van der Waals surface area contributed by atoms with Gasteiger partial charge in [-0.05, 0) is 49.6 Å². The number of hydrogen-bond donors (Lipinski definition) is 2. The minimum Gasteiger partial charge on any atom is -0.335 e. The van der Waals surface area contributed by atoms with Gasteiger partial charge in [-0.1, -0.05) is 13.0 Å². The van der Waals surface area contributed by atoms with Crippen molar-refractivity contribution in [2.45, 2.75) is 32.7 Å².